The normalized spacial score (nSPS) is 21.2. The van der Waals surface area contributed by atoms with Crippen LogP contribution in [0.4, 0.5) is 0 Å². The topological polar surface area (TPSA) is 72.8 Å². The van der Waals surface area contributed by atoms with E-state index in [1.54, 1.807) is 12.1 Å². The molecule has 17 heavy (non-hydrogen) atoms. The van der Waals surface area contributed by atoms with E-state index in [2.05, 4.69) is 0 Å². The number of hydrogen-bond acceptors (Lipinski definition) is 5. The summed E-state index contributed by atoms with van der Waals surface area (Å²) < 4.78 is 10.4. The van der Waals surface area contributed by atoms with Gasteiger partial charge >= 0.3 is 5.97 Å². The van der Waals surface area contributed by atoms with Crippen molar-refractivity contribution < 1.29 is 24.2 Å². The Labute approximate surface area is 101 Å². The second kappa shape index (κ2) is 3.66. The van der Waals surface area contributed by atoms with E-state index >= 15 is 0 Å². The van der Waals surface area contributed by atoms with E-state index in [-0.39, 0.29) is 18.3 Å². The summed E-state index contributed by atoms with van der Waals surface area (Å²) in [5.74, 6) is 0.186. The number of benzene rings is 1. The van der Waals surface area contributed by atoms with Gasteiger partial charge in [0.1, 0.15) is 5.25 Å². The van der Waals surface area contributed by atoms with Gasteiger partial charge in [0.2, 0.25) is 6.79 Å². The lowest BCUT2D eigenvalue weighted by Crippen LogP contribution is -2.20. The Morgan fingerprint density at radius 2 is 2.06 bits per heavy atom. The molecule has 3 rings (SSSR count). The first-order valence-electron chi connectivity index (χ1n) is 4.98. The summed E-state index contributed by atoms with van der Waals surface area (Å²) in [4.78, 5) is 22.9. The number of fused-ring (bicyclic) bond motifs is 2. The smallest absolute Gasteiger partial charge is 0.321 e. The van der Waals surface area contributed by atoms with Gasteiger partial charge in [-0.2, -0.15) is 0 Å². The van der Waals surface area contributed by atoms with Crippen LogP contribution >= 0.6 is 11.8 Å². The molecule has 0 radical (unpaired) electrons. The summed E-state index contributed by atoms with van der Waals surface area (Å²) in [5, 5.41) is 8.40. The van der Waals surface area contributed by atoms with Gasteiger partial charge in [0.25, 0.3) is 0 Å². The van der Waals surface area contributed by atoms with E-state index in [9.17, 15) is 9.59 Å². The summed E-state index contributed by atoms with van der Waals surface area (Å²) in [6.07, 6.45) is 0. The molecule has 2 aliphatic heterocycles. The van der Waals surface area contributed by atoms with Gasteiger partial charge in [0.15, 0.2) is 17.3 Å². The summed E-state index contributed by atoms with van der Waals surface area (Å²) in [6.45, 7) is 0.108. The number of carboxylic acids is 1. The van der Waals surface area contributed by atoms with Gasteiger partial charge in [-0.25, -0.2) is 0 Å². The van der Waals surface area contributed by atoms with Crippen LogP contribution in [0, 0.1) is 0 Å². The zero-order valence-corrected chi connectivity index (χ0v) is 9.45. The van der Waals surface area contributed by atoms with Crippen molar-refractivity contribution in [3.63, 3.8) is 0 Å². The lowest BCUT2D eigenvalue weighted by molar-refractivity contribution is -0.136. The van der Waals surface area contributed by atoms with Crippen LogP contribution in [-0.2, 0) is 4.79 Å². The quantitative estimate of drug-likeness (QED) is 0.816. The number of rotatable bonds is 1. The Balaban J connectivity index is 2.17. The maximum absolute atomic E-state index is 11.7. The second-order valence-electron chi connectivity index (χ2n) is 3.75. The number of carboxylic acid groups (broad SMARTS) is 1. The van der Waals surface area contributed by atoms with Crippen LogP contribution in [0.5, 0.6) is 11.5 Å². The Kier molecular flexibility index (Phi) is 2.25. The number of hydrogen-bond donors (Lipinski definition) is 1. The van der Waals surface area contributed by atoms with Gasteiger partial charge in [-0.3, -0.25) is 9.59 Å². The first kappa shape index (κ1) is 10.5. The van der Waals surface area contributed by atoms with Crippen LogP contribution in [0.15, 0.2) is 12.1 Å². The van der Waals surface area contributed by atoms with Crippen molar-refractivity contribution in [2.24, 2.45) is 0 Å². The van der Waals surface area contributed by atoms with Crippen LogP contribution in [0.3, 0.4) is 0 Å². The molecule has 5 nitrogen and oxygen atoms in total. The van der Waals surface area contributed by atoms with Crippen LogP contribution in [0.1, 0.15) is 21.2 Å². The van der Waals surface area contributed by atoms with Crippen molar-refractivity contribution in [3.8, 4) is 11.5 Å². The van der Waals surface area contributed by atoms with Gasteiger partial charge in [0.05, 0.1) is 5.75 Å². The molecule has 1 aromatic rings. The van der Waals surface area contributed by atoms with Crippen LogP contribution in [-0.4, -0.2) is 29.4 Å². The molecule has 0 aliphatic carbocycles. The Morgan fingerprint density at radius 1 is 1.35 bits per heavy atom. The average Bonchev–Trinajstić information content (AvgIpc) is 2.74. The molecule has 1 atom stereocenters. The Bertz CT molecular complexity index is 525. The van der Waals surface area contributed by atoms with Gasteiger partial charge in [-0.15, -0.1) is 11.8 Å². The number of ether oxygens (including phenoxy) is 2. The Morgan fingerprint density at radius 3 is 2.76 bits per heavy atom. The SMILES string of the molecule is O=C1CSC(C(=O)O)c2cc3c(cc21)OCO3. The van der Waals surface area contributed by atoms with Crippen molar-refractivity contribution in [1.82, 2.24) is 0 Å². The second-order valence-corrected chi connectivity index (χ2v) is 4.84. The lowest BCUT2D eigenvalue weighted by atomic mass is 9.99. The summed E-state index contributed by atoms with van der Waals surface area (Å²) in [7, 11) is 0. The van der Waals surface area contributed by atoms with E-state index in [0.717, 1.165) is 11.8 Å². The van der Waals surface area contributed by atoms with Crippen LogP contribution in [0.25, 0.3) is 0 Å². The molecule has 0 spiro atoms. The molecule has 6 heteroatoms. The predicted octanol–water partition coefficient (Wildman–Crippen LogP) is 1.47. The number of carbonyl (C=O) groups excluding carboxylic acids is 1. The van der Waals surface area contributed by atoms with Crippen molar-refractivity contribution in [2.75, 3.05) is 12.5 Å². The third kappa shape index (κ3) is 1.56. The highest BCUT2D eigenvalue weighted by Gasteiger charge is 2.33. The highest BCUT2D eigenvalue weighted by atomic mass is 32.2. The molecule has 2 heterocycles. The third-order valence-corrected chi connectivity index (χ3v) is 3.95. The van der Waals surface area contributed by atoms with Gasteiger partial charge in [0, 0.05) is 5.56 Å². The van der Waals surface area contributed by atoms with Gasteiger partial charge < -0.3 is 14.6 Å². The van der Waals surface area contributed by atoms with E-state index in [1.807, 2.05) is 0 Å². The van der Waals surface area contributed by atoms with Crippen molar-refractivity contribution in [1.29, 1.82) is 0 Å². The van der Waals surface area contributed by atoms with Crippen LogP contribution < -0.4 is 9.47 Å². The number of Topliss-reactive ketones (excluding diaryl/α,β-unsaturated/α-hetero) is 1. The first-order valence-corrected chi connectivity index (χ1v) is 6.03. The molecular weight excluding hydrogens is 244 g/mol. The maximum Gasteiger partial charge on any atom is 0.321 e. The van der Waals surface area contributed by atoms with Crippen LogP contribution in [0.2, 0.25) is 0 Å². The molecule has 1 aromatic carbocycles. The van der Waals surface area contributed by atoms with E-state index in [0.29, 0.717) is 22.6 Å². The molecule has 0 amide bonds. The molecule has 0 aromatic heterocycles. The highest BCUT2D eigenvalue weighted by Crippen LogP contribution is 2.43. The number of ketones is 1. The molecule has 0 saturated heterocycles. The minimum atomic E-state index is -0.942. The number of aliphatic carboxylic acids is 1. The predicted molar refractivity (Wildman–Crippen MR) is 59.7 cm³/mol. The van der Waals surface area contributed by atoms with Gasteiger partial charge in [-0.1, -0.05) is 0 Å². The fourth-order valence-electron chi connectivity index (χ4n) is 1.95. The molecule has 1 unspecified atom stereocenters. The average molecular weight is 252 g/mol. The van der Waals surface area contributed by atoms with Crippen molar-refractivity contribution in [3.05, 3.63) is 23.3 Å². The first-order chi connectivity index (χ1) is 8.16. The minimum absolute atomic E-state index is 0.0687. The molecule has 88 valence electrons. The third-order valence-electron chi connectivity index (χ3n) is 2.73. The largest absolute Gasteiger partial charge is 0.480 e. The Hall–Kier alpha value is -1.69. The lowest BCUT2D eigenvalue weighted by Gasteiger charge is -2.21. The minimum Gasteiger partial charge on any atom is -0.480 e. The van der Waals surface area contributed by atoms with E-state index in [4.69, 9.17) is 14.6 Å². The maximum atomic E-state index is 11.7. The van der Waals surface area contributed by atoms with Crippen molar-refractivity contribution in [2.45, 2.75) is 5.25 Å². The molecular formula is C11H8O5S. The number of carbonyl (C=O) groups is 2. The summed E-state index contributed by atoms with van der Waals surface area (Å²) in [6, 6.07) is 3.18. The zero-order chi connectivity index (χ0) is 12.0. The monoisotopic (exact) mass is 252 g/mol. The molecule has 0 bridgehead atoms. The zero-order valence-electron chi connectivity index (χ0n) is 8.63. The summed E-state index contributed by atoms with van der Waals surface area (Å²) >= 11 is 1.12. The highest BCUT2D eigenvalue weighted by molar-refractivity contribution is 8.01. The fourth-order valence-corrected chi connectivity index (χ4v) is 2.94. The molecule has 1 N–H and O–H groups in total. The fraction of sp³-hybridized carbons (Fsp3) is 0.273. The molecule has 0 fully saturated rings. The van der Waals surface area contributed by atoms with Crippen molar-refractivity contribution >= 4 is 23.5 Å². The summed E-state index contributed by atoms with van der Waals surface area (Å²) in [5.41, 5.74) is 0.934. The van der Waals surface area contributed by atoms with E-state index in [1.165, 1.54) is 0 Å². The van der Waals surface area contributed by atoms with Gasteiger partial charge in [-0.05, 0) is 17.7 Å². The molecule has 0 saturated carbocycles. The number of thioether (sulfide) groups is 1. The standard InChI is InChI=1S/C11H8O5S/c12-7-3-17-10(11(13)14)6-2-9-8(1-5(6)7)15-4-16-9/h1-2,10H,3-4H2,(H,13,14). The molecule has 2 aliphatic rings. The van der Waals surface area contributed by atoms with E-state index < -0.39 is 11.2 Å².